The maximum atomic E-state index is 12.4. The van der Waals surface area contributed by atoms with Crippen LogP contribution in [0.3, 0.4) is 0 Å². The van der Waals surface area contributed by atoms with E-state index in [1.54, 1.807) is 38.5 Å². The molecule has 1 amide bonds. The molecule has 0 bridgehead atoms. The van der Waals surface area contributed by atoms with Gasteiger partial charge in [-0.3, -0.25) is 4.79 Å². The molecule has 0 atom stereocenters. The molecule has 1 N–H and O–H groups in total. The first-order chi connectivity index (χ1) is 15.6. The Kier molecular flexibility index (Phi) is 6.36. The minimum Gasteiger partial charge on any atom is -0.497 e. The number of aromatic nitrogens is 2. The molecule has 2 aromatic carbocycles. The average molecular weight is 429 g/mol. The molecule has 7 heteroatoms. The second-order valence-electron chi connectivity index (χ2n) is 6.95. The van der Waals surface area contributed by atoms with Gasteiger partial charge in [0, 0.05) is 41.9 Å². The number of hydrogen-bond donors (Lipinski definition) is 1. The Bertz CT molecular complexity index is 1230. The highest BCUT2D eigenvalue weighted by molar-refractivity contribution is 6.02. The third kappa shape index (κ3) is 5.07. The van der Waals surface area contributed by atoms with Crippen LogP contribution in [-0.4, -0.2) is 29.5 Å². The Morgan fingerprint density at radius 2 is 1.94 bits per heavy atom. The quantitative estimate of drug-likeness (QED) is 0.415. The molecule has 4 aromatic rings. The van der Waals surface area contributed by atoms with E-state index in [1.165, 1.54) is 6.08 Å². The molecule has 32 heavy (non-hydrogen) atoms. The van der Waals surface area contributed by atoms with E-state index >= 15 is 0 Å². The summed E-state index contributed by atoms with van der Waals surface area (Å²) in [4.78, 5) is 16.9. The number of carbonyl (C=O) groups excluding carboxylic acids is 1. The number of benzene rings is 2. The summed E-state index contributed by atoms with van der Waals surface area (Å²) in [5.41, 5.74) is 3.09. The highest BCUT2D eigenvalue weighted by Crippen LogP contribution is 2.25. The van der Waals surface area contributed by atoms with E-state index in [1.807, 2.05) is 59.3 Å². The van der Waals surface area contributed by atoms with Crippen LogP contribution in [0.2, 0.25) is 0 Å². The van der Waals surface area contributed by atoms with E-state index in [4.69, 9.17) is 14.2 Å². The third-order valence-electron chi connectivity index (χ3n) is 4.76. The largest absolute Gasteiger partial charge is 0.497 e. The Morgan fingerprint density at radius 1 is 1.03 bits per heavy atom. The Balaban J connectivity index is 1.38. The smallest absolute Gasteiger partial charge is 0.248 e. The van der Waals surface area contributed by atoms with Crippen LogP contribution in [0.5, 0.6) is 17.2 Å². The van der Waals surface area contributed by atoms with E-state index in [2.05, 4.69) is 10.3 Å². The molecular formula is C25H23N3O4. The van der Waals surface area contributed by atoms with Crippen LogP contribution in [-0.2, 0) is 11.4 Å². The van der Waals surface area contributed by atoms with Crippen molar-refractivity contribution >= 4 is 23.3 Å². The van der Waals surface area contributed by atoms with Crippen molar-refractivity contribution in [2.45, 2.75) is 6.61 Å². The monoisotopic (exact) mass is 429 g/mol. The van der Waals surface area contributed by atoms with Crippen molar-refractivity contribution in [3.63, 3.8) is 0 Å². The van der Waals surface area contributed by atoms with Crippen LogP contribution in [0.25, 0.3) is 11.7 Å². The van der Waals surface area contributed by atoms with Gasteiger partial charge >= 0.3 is 0 Å². The molecule has 2 heterocycles. The second kappa shape index (κ2) is 9.70. The maximum Gasteiger partial charge on any atom is 0.248 e. The number of nitrogens with one attached hydrogen (secondary N) is 1. The zero-order valence-corrected chi connectivity index (χ0v) is 17.8. The first-order valence-corrected chi connectivity index (χ1v) is 10.0. The van der Waals surface area contributed by atoms with Crippen molar-refractivity contribution in [2.24, 2.45) is 0 Å². The molecule has 0 radical (unpaired) electrons. The lowest BCUT2D eigenvalue weighted by Gasteiger charge is -2.08. The summed E-state index contributed by atoms with van der Waals surface area (Å²) in [6.07, 6.45) is 7.02. The van der Waals surface area contributed by atoms with Gasteiger partial charge in [0.2, 0.25) is 5.91 Å². The van der Waals surface area contributed by atoms with Crippen LogP contribution in [0.15, 0.2) is 79.1 Å². The van der Waals surface area contributed by atoms with Crippen molar-refractivity contribution in [3.8, 4) is 17.2 Å². The van der Waals surface area contributed by atoms with Crippen LogP contribution in [0.4, 0.5) is 5.69 Å². The van der Waals surface area contributed by atoms with Crippen molar-refractivity contribution in [1.29, 1.82) is 0 Å². The average Bonchev–Trinajstić information content (AvgIpc) is 3.24. The molecule has 0 aliphatic rings. The summed E-state index contributed by atoms with van der Waals surface area (Å²) in [6.45, 7) is 0.330. The zero-order valence-electron chi connectivity index (χ0n) is 17.8. The Morgan fingerprint density at radius 3 is 2.75 bits per heavy atom. The highest BCUT2D eigenvalue weighted by atomic mass is 16.5. The van der Waals surface area contributed by atoms with E-state index in [0.717, 1.165) is 16.9 Å². The lowest BCUT2D eigenvalue weighted by molar-refractivity contribution is -0.111. The van der Waals surface area contributed by atoms with Gasteiger partial charge in [-0.25, -0.2) is 4.98 Å². The maximum absolute atomic E-state index is 12.4. The number of nitrogens with zero attached hydrogens (tertiary/aromatic N) is 2. The number of methoxy groups -OCH3 is 2. The van der Waals surface area contributed by atoms with Gasteiger partial charge in [-0.05, 0) is 42.5 Å². The number of anilines is 1. The molecule has 0 saturated carbocycles. The molecule has 0 aliphatic heterocycles. The van der Waals surface area contributed by atoms with Crippen molar-refractivity contribution < 1.29 is 19.0 Å². The van der Waals surface area contributed by atoms with E-state index < -0.39 is 0 Å². The minimum atomic E-state index is -0.264. The van der Waals surface area contributed by atoms with Gasteiger partial charge in [0.1, 0.15) is 29.5 Å². The number of rotatable bonds is 8. The fraction of sp³-hybridized carbons (Fsp3) is 0.120. The number of fused-ring (bicyclic) bond motifs is 1. The Hall–Kier alpha value is -4.26. The summed E-state index contributed by atoms with van der Waals surface area (Å²) in [5, 5.41) is 2.84. The van der Waals surface area contributed by atoms with Gasteiger partial charge in [0.15, 0.2) is 0 Å². The van der Waals surface area contributed by atoms with Crippen molar-refractivity contribution in [1.82, 2.24) is 9.38 Å². The summed E-state index contributed by atoms with van der Waals surface area (Å²) in [7, 11) is 3.16. The van der Waals surface area contributed by atoms with Crippen LogP contribution < -0.4 is 19.5 Å². The van der Waals surface area contributed by atoms with E-state index in [0.29, 0.717) is 29.5 Å². The third-order valence-corrected chi connectivity index (χ3v) is 4.76. The van der Waals surface area contributed by atoms with E-state index in [-0.39, 0.29) is 5.91 Å². The van der Waals surface area contributed by atoms with Crippen molar-refractivity contribution in [2.75, 3.05) is 19.5 Å². The molecule has 2 aromatic heterocycles. The first-order valence-electron chi connectivity index (χ1n) is 10.0. The molecule has 162 valence electrons. The van der Waals surface area contributed by atoms with E-state index in [9.17, 15) is 4.79 Å². The Labute approximate surface area is 185 Å². The molecule has 0 spiro atoms. The fourth-order valence-electron chi connectivity index (χ4n) is 3.18. The predicted molar refractivity (Wildman–Crippen MR) is 123 cm³/mol. The zero-order chi connectivity index (χ0) is 22.3. The van der Waals surface area contributed by atoms with Gasteiger partial charge in [-0.1, -0.05) is 12.1 Å². The molecule has 0 fully saturated rings. The van der Waals surface area contributed by atoms with Crippen LogP contribution >= 0.6 is 0 Å². The minimum absolute atomic E-state index is 0.264. The topological polar surface area (TPSA) is 74.1 Å². The number of amides is 1. The van der Waals surface area contributed by atoms with Gasteiger partial charge in [-0.15, -0.1) is 0 Å². The standard InChI is InChI=1S/C25H23N3O4/c1-30-21-11-9-18(23(15-21)31-2)10-12-25(29)27-19-6-5-7-22(14-19)32-17-20-16-28-13-4-3-8-24(28)26-20/h3-16H,17H2,1-2H3,(H,27,29). The highest BCUT2D eigenvalue weighted by Gasteiger charge is 2.06. The van der Waals surface area contributed by atoms with Gasteiger partial charge < -0.3 is 23.9 Å². The number of imidazole rings is 1. The number of hydrogen-bond acceptors (Lipinski definition) is 5. The molecule has 7 nitrogen and oxygen atoms in total. The van der Waals surface area contributed by atoms with Crippen LogP contribution in [0.1, 0.15) is 11.3 Å². The number of pyridine rings is 1. The van der Waals surface area contributed by atoms with Gasteiger partial charge in [-0.2, -0.15) is 0 Å². The molecule has 0 unspecified atom stereocenters. The summed E-state index contributed by atoms with van der Waals surface area (Å²) in [6, 6.07) is 18.5. The number of ether oxygens (including phenoxy) is 3. The van der Waals surface area contributed by atoms with Crippen molar-refractivity contribution in [3.05, 3.63) is 90.4 Å². The molecular weight excluding hydrogens is 406 g/mol. The van der Waals surface area contributed by atoms with Gasteiger partial charge in [0.05, 0.1) is 19.9 Å². The van der Waals surface area contributed by atoms with Gasteiger partial charge in [0.25, 0.3) is 0 Å². The first kappa shape index (κ1) is 21.0. The summed E-state index contributed by atoms with van der Waals surface area (Å²) >= 11 is 0. The number of carbonyl (C=O) groups is 1. The fourth-order valence-corrected chi connectivity index (χ4v) is 3.18. The lowest BCUT2D eigenvalue weighted by atomic mass is 10.1. The second-order valence-corrected chi connectivity index (χ2v) is 6.95. The summed E-state index contributed by atoms with van der Waals surface area (Å²) in [5.74, 6) is 1.68. The lowest BCUT2D eigenvalue weighted by Crippen LogP contribution is -2.08. The molecule has 0 saturated heterocycles. The molecule has 0 aliphatic carbocycles. The normalized spacial score (nSPS) is 10.9. The molecule has 4 rings (SSSR count). The SMILES string of the molecule is COc1ccc(C=CC(=O)Nc2cccc(OCc3cn4ccccc4n3)c2)c(OC)c1. The summed E-state index contributed by atoms with van der Waals surface area (Å²) < 4.78 is 18.3. The predicted octanol–water partition coefficient (Wildman–Crippen LogP) is 4.58. The van der Waals surface area contributed by atoms with Crippen LogP contribution in [0, 0.1) is 0 Å².